The normalized spacial score (nSPS) is 20.1. The summed E-state index contributed by atoms with van der Waals surface area (Å²) in [4.78, 5) is 2.23. The highest BCUT2D eigenvalue weighted by Gasteiger charge is 2.28. The SMILES string of the molecule is CCC1CCCN1c1nnc(C)c(C)c1/C(N)=N/O. The number of amidine groups is 1. The molecule has 1 aliphatic rings. The maximum atomic E-state index is 8.99. The molecule has 1 atom stereocenters. The molecule has 0 amide bonds. The molecule has 3 N–H and O–H groups in total. The molecule has 1 aliphatic heterocycles. The monoisotopic (exact) mass is 263 g/mol. The molecular formula is C13H21N5O. The lowest BCUT2D eigenvalue weighted by Crippen LogP contribution is -2.33. The maximum Gasteiger partial charge on any atom is 0.174 e. The van der Waals surface area contributed by atoms with E-state index in [0.29, 0.717) is 11.6 Å². The Balaban J connectivity index is 2.54. The number of hydrogen-bond acceptors (Lipinski definition) is 5. The van der Waals surface area contributed by atoms with Crippen molar-refractivity contribution in [3.8, 4) is 0 Å². The number of nitrogens with two attached hydrogens (primary N) is 1. The topological polar surface area (TPSA) is 87.6 Å². The zero-order chi connectivity index (χ0) is 14.0. The molecule has 6 heteroatoms. The van der Waals surface area contributed by atoms with E-state index < -0.39 is 0 Å². The summed E-state index contributed by atoms with van der Waals surface area (Å²) in [5.41, 5.74) is 8.25. The predicted molar refractivity (Wildman–Crippen MR) is 74.7 cm³/mol. The Bertz CT molecular complexity index is 500. The lowest BCUT2D eigenvalue weighted by molar-refractivity contribution is 0.318. The molecule has 0 bridgehead atoms. The van der Waals surface area contributed by atoms with Crippen LogP contribution in [-0.2, 0) is 0 Å². The van der Waals surface area contributed by atoms with Crippen molar-refractivity contribution in [3.63, 3.8) is 0 Å². The van der Waals surface area contributed by atoms with Crippen LogP contribution in [0.3, 0.4) is 0 Å². The Kier molecular flexibility index (Phi) is 3.87. The van der Waals surface area contributed by atoms with Crippen LogP contribution in [0.1, 0.15) is 43.0 Å². The molecule has 0 saturated carbocycles. The highest BCUT2D eigenvalue weighted by atomic mass is 16.4. The van der Waals surface area contributed by atoms with E-state index in [1.54, 1.807) is 0 Å². The molecule has 1 aromatic heterocycles. The summed E-state index contributed by atoms with van der Waals surface area (Å²) in [6, 6.07) is 0.460. The predicted octanol–water partition coefficient (Wildman–Crippen LogP) is 1.57. The molecule has 104 valence electrons. The van der Waals surface area contributed by atoms with Crippen LogP contribution in [0, 0.1) is 13.8 Å². The quantitative estimate of drug-likeness (QED) is 0.374. The van der Waals surface area contributed by atoms with Gasteiger partial charge < -0.3 is 15.8 Å². The molecule has 2 rings (SSSR count). The first kappa shape index (κ1) is 13.6. The van der Waals surface area contributed by atoms with Gasteiger partial charge in [0.05, 0.1) is 11.3 Å². The van der Waals surface area contributed by atoms with Crippen molar-refractivity contribution in [2.24, 2.45) is 10.9 Å². The molecule has 1 unspecified atom stereocenters. The van der Waals surface area contributed by atoms with Crippen molar-refractivity contribution in [3.05, 3.63) is 16.8 Å². The van der Waals surface area contributed by atoms with Crippen molar-refractivity contribution in [2.75, 3.05) is 11.4 Å². The summed E-state index contributed by atoms with van der Waals surface area (Å²) in [5.74, 6) is 0.843. The van der Waals surface area contributed by atoms with E-state index in [2.05, 4.69) is 27.2 Å². The molecule has 19 heavy (non-hydrogen) atoms. The first-order chi connectivity index (χ1) is 9.10. The maximum absolute atomic E-state index is 8.99. The van der Waals surface area contributed by atoms with E-state index in [-0.39, 0.29) is 5.84 Å². The number of hydrogen-bond donors (Lipinski definition) is 2. The second kappa shape index (κ2) is 5.42. The highest BCUT2D eigenvalue weighted by Crippen LogP contribution is 2.30. The van der Waals surface area contributed by atoms with E-state index in [9.17, 15) is 0 Å². The number of oxime groups is 1. The van der Waals surface area contributed by atoms with Crippen molar-refractivity contribution in [2.45, 2.75) is 46.1 Å². The van der Waals surface area contributed by atoms with Crippen LogP contribution in [0.15, 0.2) is 5.16 Å². The number of anilines is 1. The van der Waals surface area contributed by atoms with Crippen molar-refractivity contribution in [1.29, 1.82) is 0 Å². The third-order valence-electron chi connectivity index (χ3n) is 3.92. The molecule has 0 spiro atoms. The van der Waals surface area contributed by atoms with E-state index in [0.717, 1.165) is 42.9 Å². The Morgan fingerprint density at radius 3 is 2.84 bits per heavy atom. The number of aryl methyl sites for hydroxylation is 1. The Morgan fingerprint density at radius 2 is 2.21 bits per heavy atom. The summed E-state index contributed by atoms with van der Waals surface area (Å²) >= 11 is 0. The molecule has 1 fully saturated rings. The smallest absolute Gasteiger partial charge is 0.174 e. The number of nitrogens with zero attached hydrogens (tertiary/aromatic N) is 4. The third-order valence-corrected chi connectivity index (χ3v) is 3.92. The number of rotatable bonds is 3. The first-order valence-corrected chi connectivity index (χ1v) is 6.68. The third kappa shape index (κ3) is 2.34. The van der Waals surface area contributed by atoms with Crippen LogP contribution in [0.25, 0.3) is 0 Å². The van der Waals surface area contributed by atoms with Crippen LogP contribution in [0.2, 0.25) is 0 Å². The van der Waals surface area contributed by atoms with Gasteiger partial charge in [-0.3, -0.25) is 0 Å². The van der Waals surface area contributed by atoms with Crippen molar-refractivity contribution < 1.29 is 5.21 Å². The highest BCUT2D eigenvalue weighted by molar-refractivity contribution is 6.02. The lowest BCUT2D eigenvalue weighted by Gasteiger charge is -2.27. The van der Waals surface area contributed by atoms with E-state index >= 15 is 0 Å². The fourth-order valence-electron chi connectivity index (χ4n) is 2.69. The van der Waals surface area contributed by atoms with Gasteiger partial charge in [-0.1, -0.05) is 12.1 Å². The average molecular weight is 263 g/mol. The minimum absolute atomic E-state index is 0.104. The van der Waals surface area contributed by atoms with Crippen LogP contribution in [0.5, 0.6) is 0 Å². The van der Waals surface area contributed by atoms with Crippen molar-refractivity contribution in [1.82, 2.24) is 10.2 Å². The van der Waals surface area contributed by atoms with E-state index in [1.165, 1.54) is 0 Å². The van der Waals surface area contributed by atoms with Gasteiger partial charge in [-0.05, 0) is 38.7 Å². The fraction of sp³-hybridized carbons (Fsp3) is 0.615. The molecular weight excluding hydrogens is 242 g/mol. The van der Waals surface area contributed by atoms with Crippen LogP contribution in [-0.4, -0.2) is 33.8 Å². The summed E-state index contributed by atoms with van der Waals surface area (Å²) in [6.07, 6.45) is 3.35. The molecule has 0 aliphatic carbocycles. The van der Waals surface area contributed by atoms with Crippen LogP contribution in [0.4, 0.5) is 5.82 Å². The van der Waals surface area contributed by atoms with Gasteiger partial charge in [-0.25, -0.2) is 0 Å². The molecule has 2 heterocycles. The van der Waals surface area contributed by atoms with Gasteiger partial charge >= 0.3 is 0 Å². The standard InChI is InChI=1S/C13H21N5O/c1-4-10-6-5-7-18(10)13-11(12(14)17-19)8(2)9(3)15-16-13/h10,19H,4-7H2,1-3H3,(H2,14,17). The average Bonchev–Trinajstić information content (AvgIpc) is 2.89. The van der Waals surface area contributed by atoms with E-state index in [1.807, 2.05) is 13.8 Å². The molecule has 6 nitrogen and oxygen atoms in total. The summed E-state index contributed by atoms with van der Waals surface area (Å²) in [6.45, 7) is 6.92. The van der Waals surface area contributed by atoms with Gasteiger partial charge in [0, 0.05) is 12.6 Å². The van der Waals surface area contributed by atoms with Gasteiger partial charge in [-0.15, -0.1) is 5.10 Å². The zero-order valence-corrected chi connectivity index (χ0v) is 11.7. The minimum atomic E-state index is 0.104. The molecule has 0 radical (unpaired) electrons. The van der Waals surface area contributed by atoms with Gasteiger partial charge in [-0.2, -0.15) is 5.10 Å². The largest absolute Gasteiger partial charge is 0.409 e. The van der Waals surface area contributed by atoms with Crippen LogP contribution >= 0.6 is 0 Å². The summed E-state index contributed by atoms with van der Waals surface area (Å²) in [7, 11) is 0. The summed E-state index contributed by atoms with van der Waals surface area (Å²) in [5, 5.41) is 20.6. The van der Waals surface area contributed by atoms with Gasteiger partial charge in [0.1, 0.15) is 0 Å². The van der Waals surface area contributed by atoms with Gasteiger partial charge in [0.25, 0.3) is 0 Å². The second-order valence-corrected chi connectivity index (χ2v) is 4.99. The van der Waals surface area contributed by atoms with Crippen molar-refractivity contribution >= 4 is 11.7 Å². The Labute approximate surface area is 113 Å². The molecule has 1 saturated heterocycles. The van der Waals surface area contributed by atoms with Crippen LogP contribution < -0.4 is 10.6 Å². The lowest BCUT2D eigenvalue weighted by atomic mass is 10.1. The zero-order valence-electron chi connectivity index (χ0n) is 11.7. The fourth-order valence-corrected chi connectivity index (χ4v) is 2.69. The summed E-state index contributed by atoms with van der Waals surface area (Å²) < 4.78 is 0. The minimum Gasteiger partial charge on any atom is -0.409 e. The first-order valence-electron chi connectivity index (χ1n) is 6.68. The Morgan fingerprint density at radius 1 is 1.47 bits per heavy atom. The second-order valence-electron chi connectivity index (χ2n) is 4.99. The van der Waals surface area contributed by atoms with Gasteiger partial charge in [0.2, 0.25) is 0 Å². The molecule has 1 aromatic rings. The van der Waals surface area contributed by atoms with Gasteiger partial charge in [0.15, 0.2) is 11.7 Å². The molecule has 0 aromatic carbocycles. The number of aromatic nitrogens is 2. The van der Waals surface area contributed by atoms with E-state index in [4.69, 9.17) is 10.9 Å². The Hall–Kier alpha value is -1.85.